The molecule has 7 heavy (non-hydrogen) atoms. The second-order valence-corrected chi connectivity index (χ2v) is 3.03. The number of alkyl halides is 3. The zero-order valence-corrected chi connectivity index (χ0v) is 7.80. The third-order valence-electron chi connectivity index (χ3n) is 0.134. The standard InChI is InChI=1S/C2HCl3O.Ca.2H/c3-2(4,5)1-6;;;/h1H;;;/q;+2;2*-1. The number of halogens is 3. The summed E-state index contributed by atoms with van der Waals surface area (Å²) in [5.41, 5.74) is 0. The van der Waals surface area contributed by atoms with Crippen LogP contribution in [0.25, 0.3) is 0 Å². The van der Waals surface area contributed by atoms with Crippen LogP contribution < -0.4 is 0 Å². The van der Waals surface area contributed by atoms with Crippen LogP contribution in [0.15, 0.2) is 0 Å². The minimum absolute atomic E-state index is 0. The molecule has 0 aromatic heterocycles. The van der Waals surface area contributed by atoms with Crippen molar-refractivity contribution in [2.24, 2.45) is 0 Å². The van der Waals surface area contributed by atoms with Crippen LogP contribution in [0.5, 0.6) is 0 Å². The fourth-order valence-corrected chi connectivity index (χ4v) is 0. The second-order valence-electron chi connectivity index (χ2n) is 0.659. The summed E-state index contributed by atoms with van der Waals surface area (Å²) in [7, 11) is 0. The maximum Gasteiger partial charge on any atom is 2.00 e. The summed E-state index contributed by atoms with van der Waals surface area (Å²) < 4.78 is -1.72. The van der Waals surface area contributed by atoms with Crippen LogP contribution in [-0.4, -0.2) is 47.8 Å². The Labute approximate surface area is 89.3 Å². The number of rotatable bonds is 0. The number of hydrogen-bond acceptors (Lipinski definition) is 1. The zero-order valence-electron chi connectivity index (χ0n) is 5.33. The maximum absolute atomic E-state index is 9.43. The molecule has 0 unspecified atom stereocenters. The first kappa shape index (κ1) is 11.6. The van der Waals surface area contributed by atoms with E-state index in [1.165, 1.54) is 0 Å². The van der Waals surface area contributed by atoms with Crippen LogP contribution in [0.1, 0.15) is 2.85 Å². The van der Waals surface area contributed by atoms with Gasteiger partial charge in [0.15, 0.2) is 6.29 Å². The first-order valence-corrected chi connectivity index (χ1v) is 2.23. The summed E-state index contributed by atoms with van der Waals surface area (Å²) in [4.78, 5) is 9.43. The van der Waals surface area contributed by atoms with Crippen molar-refractivity contribution < 1.29 is 7.65 Å². The van der Waals surface area contributed by atoms with Crippen LogP contribution in [0, 0.1) is 0 Å². The molecule has 0 saturated heterocycles. The summed E-state index contributed by atoms with van der Waals surface area (Å²) in [6.45, 7) is 0. The van der Waals surface area contributed by atoms with E-state index in [0.717, 1.165) is 0 Å². The molecule has 0 aromatic rings. The average Bonchev–Trinajstić information content (AvgIpc) is 1.35. The Morgan fingerprint density at radius 1 is 1.43 bits per heavy atom. The molecule has 0 rings (SSSR count). The van der Waals surface area contributed by atoms with Gasteiger partial charge in [0.25, 0.3) is 0 Å². The van der Waals surface area contributed by atoms with Crippen LogP contribution in [0.4, 0.5) is 0 Å². The van der Waals surface area contributed by atoms with Crippen molar-refractivity contribution in [2.45, 2.75) is 3.79 Å². The van der Waals surface area contributed by atoms with E-state index in [4.69, 9.17) is 34.8 Å². The predicted octanol–water partition coefficient (Wildman–Crippen LogP) is 1.40. The molecule has 0 amide bonds. The van der Waals surface area contributed by atoms with E-state index in [1.54, 1.807) is 0 Å². The van der Waals surface area contributed by atoms with E-state index >= 15 is 0 Å². The Morgan fingerprint density at radius 2 is 1.57 bits per heavy atom. The average molecular weight is 189 g/mol. The van der Waals surface area contributed by atoms with Gasteiger partial charge in [0.1, 0.15) is 0 Å². The Hall–Kier alpha value is 1.80. The normalized spacial score (nSPS) is 9.57. The molecule has 0 saturated carbocycles. The molecule has 0 spiro atoms. The van der Waals surface area contributed by atoms with Crippen molar-refractivity contribution in [1.82, 2.24) is 0 Å². The van der Waals surface area contributed by atoms with Crippen molar-refractivity contribution in [2.75, 3.05) is 0 Å². The van der Waals surface area contributed by atoms with Gasteiger partial charge in [-0.05, 0) is 0 Å². The van der Waals surface area contributed by atoms with Crippen molar-refractivity contribution in [1.29, 1.82) is 0 Å². The predicted molar refractivity (Wildman–Crippen MR) is 34.3 cm³/mol. The molecule has 0 radical (unpaired) electrons. The molecule has 0 aliphatic heterocycles. The first-order chi connectivity index (χ1) is 2.56. The van der Waals surface area contributed by atoms with Gasteiger partial charge in [-0.15, -0.1) is 0 Å². The molecule has 0 aromatic carbocycles. The van der Waals surface area contributed by atoms with Gasteiger partial charge in [0, 0.05) is 0 Å². The smallest absolute Gasteiger partial charge is 1.00 e. The van der Waals surface area contributed by atoms with E-state index in [-0.39, 0.29) is 46.9 Å². The Morgan fingerprint density at radius 3 is 1.57 bits per heavy atom. The van der Waals surface area contributed by atoms with Crippen molar-refractivity contribution in [3.05, 3.63) is 0 Å². The van der Waals surface area contributed by atoms with Gasteiger partial charge >= 0.3 is 37.7 Å². The number of carbonyl (C=O) groups is 1. The van der Waals surface area contributed by atoms with Crippen molar-refractivity contribution in [3.63, 3.8) is 0 Å². The molecule has 5 heteroatoms. The molecule has 0 fully saturated rings. The molecule has 0 heterocycles. The van der Waals surface area contributed by atoms with Gasteiger partial charge in [-0.3, -0.25) is 4.79 Å². The SMILES string of the molecule is O=CC(Cl)(Cl)Cl.[Ca+2].[H-].[H-]. The maximum atomic E-state index is 9.43. The number of carbonyl (C=O) groups excluding carboxylic acids is 1. The van der Waals surface area contributed by atoms with Crippen LogP contribution >= 0.6 is 34.8 Å². The summed E-state index contributed by atoms with van der Waals surface area (Å²) >= 11 is 14.6. The topological polar surface area (TPSA) is 17.1 Å². The molecule has 0 atom stereocenters. The zero-order chi connectivity index (χ0) is 5.21. The quantitative estimate of drug-likeness (QED) is 0.320. The minimum Gasteiger partial charge on any atom is -1.00 e. The third kappa shape index (κ3) is 11.4. The molecular formula is C2H3CaCl3O. The molecule has 40 valence electrons. The monoisotopic (exact) mass is 188 g/mol. The van der Waals surface area contributed by atoms with Gasteiger partial charge in [-0.25, -0.2) is 0 Å². The Kier molecular flexibility index (Phi) is 7.70. The molecule has 0 aliphatic carbocycles. The summed E-state index contributed by atoms with van der Waals surface area (Å²) in [5.74, 6) is 0. The Bertz CT molecular complexity index is 65.3. The first-order valence-electron chi connectivity index (χ1n) is 1.09. The molecular weight excluding hydrogens is 186 g/mol. The summed E-state index contributed by atoms with van der Waals surface area (Å²) in [5, 5.41) is 0. The molecule has 1 nitrogen and oxygen atoms in total. The largest absolute Gasteiger partial charge is 2.00 e. The van der Waals surface area contributed by atoms with Crippen LogP contribution in [0.2, 0.25) is 0 Å². The van der Waals surface area contributed by atoms with Crippen LogP contribution in [-0.2, 0) is 4.79 Å². The molecule has 0 N–H and O–H groups in total. The third-order valence-corrected chi connectivity index (χ3v) is 0.401. The van der Waals surface area contributed by atoms with Crippen LogP contribution in [0.3, 0.4) is 0 Å². The van der Waals surface area contributed by atoms with E-state index < -0.39 is 3.79 Å². The molecule has 0 bridgehead atoms. The Balaban J connectivity index is -0.0000000417. The van der Waals surface area contributed by atoms with Gasteiger partial charge in [-0.1, -0.05) is 34.8 Å². The fraction of sp³-hybridized carbons (Fsp3) is 0.500. The van der Waals surface area contributed by atoms with E-state index in [9.17, 15) is 4.79 Å². The summed E-state index contributed by atoms with van der Waals surface area (Å²) in [6, 6.07) is 0. The second kappa shape index (κ2) is 4.66. The summed E-state index contributed by atoms with van der Waals surface area (Å²) in [6.07, 6.45) is 0.234. The van der Waals surface area contributed by atoms with Gasteiger partial charge in [0.05, 0.1) is 0 Å². The fourth-order valence-electron chi connectivity index (χ4n) is 0. The van der Waals surface area contributed by atoms with E-state index in [0.29, 0.717) is 0 Å². The molecule has 0 aliphatic rings. The van der Waals surface area contributed by atoms with Crippen molar-refractivity contribution >= 4 is 78.8 Å². The van der Waals surface area contributed by atoms with E-state index in [1.807, 2.05) is 0 Å². The number of hydrogen-bond donors (Lipinski definition) is 0. The van der Waals surface area contributed by atoms with Gasteiger partial charge < -0.3 is 2.85 Å². The van der Waals surface area contributed by atoms with Crippen molar-refractivity contribution in [3.8, 4) is 0 Å². The van der Waals surface area contributed by atoms with Gasteiger partial charge in [-0.2, -0.15) is 0 Å². The van der Waals surface area contributed by atoms with E-state index in [2.05, 4.69) is 0 Å². The van der Waals surface area contributed by atoms with Gasteiger partial charge in [0.2, 0.25) is 3.79 Å². The number of aldehydes is 1. The minimum atomic E-state index is -1.72.